The van der Waals surface area contributed by atoms with E-state index in [2.05, 4.69) is 251 Å². The molecule has 0 N–H and O–H groups in total. The molecule has 10 aromatic rings. The Morgan fingerprint density at radius 1 is 0.326 bits per heavy atom. The molecule has 464 valence electrons. The van der Waals surface area contributed by atoms with Gasteiger partial charge in [-0.25, -0.2) is 0 Å². The van der Waals surface area contributed by atoms with E-state index < -0.39 is 0 Å². The molecule has 0 bridgehead atoms. The van der Waals surface area contributed by atoms with Gasteiger partial charge in [0.1, 0.15) is 57.5 Å². The van der Waals surface area contributed by atoms with Crippen LogP contribution >= 0.6 is 22.7 Å². The number of benzene rings is 8. The SMILES string of the molecule is CCC(C)(C)c1cc2c3c(c1)Oc1cc4c(cc1B3c1cc3c(cc1O2)Oc1cc(C(C)(C)CC)cc2c1B3c1sc3ccc(C(C)(C)CC)cc3c1O2)B1c2sc3ccc(C(C)(C)CC)cc3c2Oc2cc(C(C)(C)CC)cc(c21)N4c1ccc(C(C)(C)C)cc1. The van der Waals surface area contributed by atoms with E-state index in [1.54, 1.807) is 0 Å². The third-order valence-electron chi connectivity index (χ3n) is 23.5. The van der Waals surface area contributed by atoms with Crippen molar-refractivity contribution in [3.05, 3.63) is 155 Å². The second-order valence-corrected chi connectivity index (χ2v) is 33.9. The van der Waals surface area contributed by atoms with E-state index in [4.69, 9.17) is 23.7 Å². The van der Waals surface area contributed by atoms with E-state index in [9.17, 15) is 0 Å². The molecule has 0 saturated heterocycles. The van der Waals surface area contributed by atoms with E-state index >= 15 is 0 Å². The number of fused-ring (bicyclic) bond motifs is 16. The molecule has 16 rings (SSSR count). The molecule has 8 aromatic carbocycles. The third-order valence-corrected chi connectivity index (χ3v) is 25.9. The minimum Gasteiger partial charge on any atom is -0.458 e. The summed E-state index contributed by atoms with van der Waals surface area (Å²) in [6.45, 7) is 41.3. The van der Waals surface area contributed by atoms with E-state index in [0.717, 1.165) is 134 Å². The highest BCUT2D eigenvalue weighted by atomic mass is 32.1. The van der Waals surface area contributed by atoms with Gasteiger partial charge in [-0.05, 0) is 198 Å². The fourth-order valence-electron chi connectivity index (χ4n) is 15.1. The van der Waals surface area contributed by atoms with Crippen LogP contribution in [-0.4, -0.2) is 20.1 Å². The zero-order valence-electron chi connectivity index (χ0n) is 57.1. The van der Waals surface area contributed by atoms with Crippen LogP contribution in [0.4, 0.5) is 17.1 Å². The van der Waals surface area contributed by atoms with Gasteiger partial charge in [0.25, 0.3) is 20.1 Å². The predicted octanol–water partition coefficient (Wildman–Crippen LogP) is 17.7. The summed E-state index contributed by atoms with van der Waals surface area (Å²) >= 11 is 3.75. The van der Waals surface area contributed by atoms with Crippen molar-refractivity contribution < 1.29 is 23.7 Å². The molecule has 0 fully saturated rings. The Balaban J connectivity index is 0.965. The van der Waals surface area contributed by atoms with Crippen molar-refractivity contribution >= 4 is 128 Å². The van der Waals surface area contributed by atoms with Crippen molar-refractivity contribution in [3.8, 4) is 57.5 Å². The number of hydrogen-bond acceptors (Lipinski definition) is 8. The minimum absolute atomic E-state index is 0.00404. The first-order valence-corrected chi connectivity index (χ1v) is 35.6. The fraction of sp³-hybridized carbons (Fsp3) is 0.358. The molecule has 0 aliphatic carbocycles. The second-order valence-electron chi connectivity index (χ2n) is 31.7. The van der Waals surface area contributed by atoms with Crippen molar-refractivity contribution in [2.45, 2.75) is 189 Å². The number of nitrogens with zero attached hydrogens (tertiary/aromatic N) is 1. The summed E-state index contributed by atoms with van der Waals surface area (Å²) in [7, 11) is 0. The van der Waals surface area contributed by atoms with Gasteiger partial charge < -0.3 is 28.6 Å². The van der Waals surface area contributed by atoms with E-state index in [0.29, 0.717) is 0 Å². The van der Waals surface area contributed by atoms with Gasteiger partial charge in [0, 0.05) is 69.8 Å². The van der Waals surface area contributed by atoms with Crippen LogP contribution in [0.15, 0.2) is 121 Å². The average molecular weight is 1250 g/mol. The van der Waals surface area contributed by atoms with Gasteiger partial charge in [0.15, 0.2) is 0 Å². The van der Waals surface area contributed by atoms with Gasteiger partial charge >= 0.3 is 0 Å². The Bertz CT molecular complexity index is 4820. The van der Waals surface area contributed by atoms with Gasteiger partial charge in [-0.2, -0.15) is 0 Å². The van der Waals surface area contributed by atoms with Crippen molar-refractivity contribution in [2.24, 2.45) is 0 Å². The molecule has 0 spiro atoms. The molecule has 92 heavy (non-hydrogen) atoms. The van der Waals surface area contributed by atoms with Crippen LogP contribution in [0.2, 0.25) is 0 Å². The number of ether oxygens (including phenoxy) is 5. The maximum Gasteiger partial charge on any atom is 0.273 e. The van der Waals surface area contributed by atoms with Crippen molar-refractivity contribution in [2.75, 3.05) is 4.90 Å². The summed E-state index contributed by atoms with van der Waals surface area (Å²) in [5.41, 5.74) is 18.4. The number of hydrogen-bond donors (Lipinski definition) is 0. The van der Waals surface area contributed by atoms with E-state index in [1.807, 2.05) is 22.7 Å². The van der Waals surface area contributed by atoms with Crippen LogP contribution in [0.25, 0.3) is 20.2 Å². The van der Waals surface area contributed by atoms with Crippen molar-refractivity contribution in [1.82, 2.24) is 0 Å². The number of rotatable bonds is 11. The molecule has 0 amide bonds. The van der Waals surface area contributed by atoms with Crippen LogP contribution in [0.5, 0.6) is 57.5 Å². The highest BCUT2D eigenvalue weighted by Gasteiger charge is 2.51. The predicted molar refractivity (Wildman–Crippen MR) is 394 cm³/mol. The third kappa shape index (κ3) is 8.71. The normalized spacial score (nSPS) is 15.0. The quantitative estimate of drug-likeness (QED) is 0.120. The van der Waals surface area contributed by atoms with Crippen LogP contribution in [0, 0.1) is 0 Å². The fourth-order valence-corrected chi connectivity index (χ4v) is 17.6. The first kappa shape index (κ1) is 59.7. The van der Waals surface area contributed by atoms with Gasteiger partial charge in [0.05, 0.1) is 0 Å². The Morgan fingerprint density at radius 3 is 1.15 bits per heavy atom. The lowest BCUT2D eigenvalue weighted by molar-refractivity contribution is 0.442. The van der Waals surface area contributed by atoms with E-state index in [1.165, 1.54) is 74.0 Å². The lowest BCUT2D eigenvalue weighted by Gasteiger charge is -2.42. The summed E-state index contributed by atoms with van der Waals surface area (Å²) in [4.78, 5) is 2.53. The van der Waals surface area contributed by atoms with Crippen LogP contribution in [0.3, 0.4) is 0 Å². The number of anilines is 3. The molecule has 0 radical (unpaired) electrons. The topological polar surface area (TPSA) is 49.4 Å². The summed E-state index contributed by atoms with van der Waals surface area (Å²) in [6, 6.07) is 47.2. The van der Waals surface area contributed by atoms with Crippen molar-refractivity contribution in [3.63, 3.8) is 0 Å². The summed E-state index contributed by atoms with van der Waals surface area (Å²) in [6.07, 6.45) is 4.95. The molecule has 8 heterocycles. The zero-order valence-corrected chi connectivity index (χ0v) is 58.8. The van der Waals surface area contributed by atoms with Crippen molar-refractivity contribution in [1.29, 1.82) is 0 Å². The van der Waals surface area contributed by atoms with Gasteiger partial charge in [-0.3, -0.25) is 0 Å². The lowest BCUT2D eigenvalue weighted by Crippen LogP contribution is -2.63. The first-order valence-electron chi connectivity index (χ1n) is 34.0. The van der Waals surface area contributed by atoms with Crippen LogP contribution in [0.1, 0.15) is 190 Å². The average Bonchev–Trinajstić information content (AvgIpc) is 1.28. The van der Waals surface area contributed by atoms with Gasteiger partial charge in [-0.1, -0.05) is 161 Å². The Morgan fingerprint density at radius 2 is 0.696 bits per heavy atom. The molecule has 0 saturated carbocycles. The Kier molecular flexibility index (Phi) is 13.0. The smallest absolute Gasteiger partial charge is 0.273 e. The first-order chi connectivity index (χ1) is 43.6. The molecular formula is C81H84B3NO5S2. The molecule has 6 nitrogen and oxygen atoms in total. The monoisotopic (exact) mass is 1250 g/mol. The van der Waals surface area contributed by atoms with Crippen LogP contribution < -0.4 is 76.4 Å². The largest absolute Gasteiger partial charge is 0.458 e. The Labute approximate surface area is 554 Å². The lowest BCUT2D eigenvalue weighted by atomic mass is 9.31. The van der Waals surface area contributed by atoms with Gasteiger partial charge in [-0.15, -0.1) is 22.7 Å². The highest BCUT2D eigenvalue weighted by Crippen LogP contribution is 2.51. The Hall–Kier alpha value is -7.33. The van der Waals surface area contributed by atoms with Crippen LogP contribution in [-0.2, 0) is 32.5 Å². The number of thiophene rings is 2. The summed E-state index contributed by atoms with van der Waals surface area (Å²) < 4.78 is 42.3. The van der Waals surface area contributed by atoms with Gasteiger partial charge in [0.2, 0.25) is 0 Å². The summed E-state index contributed by atoms with van der Waals surface area (Å²) in [5, 5.41) is 2.36. The molecule has 11 heteroatoms. The molecular weight excluding hydrogens is 1160 g/mol. The molecule has 6 aliphatic heterocycles. The molecule has 0 atom stereocenters. The molecule has 0 unspecified atom stereocenters. The molecule has 2 aromatic heterocycles. The second kappa shape index (κ2) is 20.1. The summed E-state index contributed by atoms with van der Waals surface area (Å²) in [5.74, 6) is 8.74. The van der Waals surface area contributed by atoms with E-state index in [-0.39, 0.29) is 52.6 Å². The zero-order chi connectivity index (χ0) is 64.4. The standard InChI is InChI=1S/C81H84B3NO5S2/c1-19-77(9,10)45-26-30-67-51(32-45)72-74(91-67)83-53-40-54-59(42-57(53)85(50-28-24-44(25-29-50)76(6,7)8)58-34-47(79(13,14)21-3)35-62(89-72)69(58)83)86-63-36-48(80(15,16)22-4)37-64-70(63)82(54)55-41-56-61(43-60(55)87-64)88-65-38-49(81(17,18)23-5)39-66-71(65)84(56)75-73(90-66)52-33-46(78(11,12)20-2)27-31-68(52)92-75/h24-43H,19-23H2,1-18H3. The highest BCUT2D eigenvalue weighted by molar-refractivity contribution is 7.34. The maximum absolute atomic E-state index is 7.62. The maximum atomic E-state index is 7.62. The molecule has 6 aliphatic rings. The minimum atomic E-state index is -0.260.